The lowest BCUT2D eigenvalue weighted by Crippen LogP contribution is -2.27. The maximum Gasteiger partial charge on any atom is 0.355 e. The first-order chi connectivity index (χ1) is 12.2. The van der Waals surface area contributed by atoms with Crippen molar-refractivity contribution in [2.75, 3.05) is 18.5 Å². The van der Waals surface area contributed by atoms with E-state index in [1.165, 1.54) is 47.0 Å². The highest BCUT2D eigenvalue weighted by molar-refractivity contribution is 7.89. The maximum atomic E-state index is 12.2. The van der Waals surface area contributed by atoms with Crippen LogP contribution in [0.5, 0.6) is 0 Å². The Bertz CT molecular complexity index is 916. The zero-order chi connectivity index (χ0) is 19.5. The zero-order valence-corrected chi connectivity index (χ0v) is 16.5. The van der Waals surface area contributed by atoms with E-state index in [4.69, 9.17) is 4.74 Å². The number of sulfonamides is 1. The van der Waals surface area contributed by atoms with Gasteiger partial charge in [-0.15, -0.1) is 11.3 Å². The van der Waals surface area contributed by atoms with Crippen molar-refractivity contribution in [1.82, 2.24) is 14.3 Å². The average Bonchev–Trinajstić information content (AvgIpc) is 3.20. The lowest BCUT2D eigenvalue weighted by atomic mass is 10.4. The van der Waals surface area contributed by atoms with Gasteiger partial charge < -0.3 is 9.30 Å². The number of esters is 1. The van der Waals surface area contributed by atoms with E-state index < -0.39 is 16.0 Å². The van der Waals surface area contributed by atoms with Crippen molar-refractivity contribution >= 4 is 38.4 Å². The van der Waals surface area contributed by atoms with Crippen LogP contribution in [0, 0.1) is 0 Å². The van der Waals surface area contributed by atoms with Crippen molar-refractivity contribution in [2.45, 2.75) is 25.3 Å². The molecule has 9 nitrogen and oxygen atoms in total. The predicted molar refractivity (Wildman–Crippen MR) is 96.6 cm³/mol. The van der Waals surface area contributed by atoms with Crippen LogP contribution in [0.3, 0.4) is 0 Å². The highest BCUT2D eigenvalue weighted by Crippen LogP contribution is 2.21. The fourth-order valence-corrected chi connectivity index (χ4v) is 3.91. The molecule has 0 radical (unpaired) electrons. The number of hydrogen-bond acceptors (Lipinski definition) is 7. The maximum absolute atomic E-state index is 12.2. The first-order valence-electron chi connectivity index (χ1n) is 7.69. The summed E-state index contributed by atoms with van der Waals surface area (Å²) in [5, 5.41) is 2.24. The van der Waals surface area contributed by atoms with E-state index in [1.54, 1.807) is 12.4 Å². The number of nitrogens with one attached hydrogen (secondary N) is 1. The number of aromatic nitrogens is 2. The van der Waals surface area contributed by atoms with E-state index in [9.17, 15) is 18.0 Å². The smallest absolute Gasteiger partial charge is 0.355 e. The van der Waals surface area contributed by atoms with Gasteiger partial charge in [0.1, 0.15) is 17.2 Å². The second-order valence-electron chi connectivity index (χ2n) is 5.34. The van der Waals surface area contributed by atoms with E-state index in [-0.39, 0.29) is 23.1 Å². The summed E-state index contributed by atoms with van der Waals surface area (Å²) in [6.45, 7) is 3.71. The SMILES string of the molecule is CCN(C(C)=O)c1nc(COC(=O)c2cc(S(=O)(=O)NC)cn2C)cs1. The number of ether oxygens (including phenoxy) is 1. The lowest BCUT2D eigenvalue weighted by molar-refractivity contribution is -0.116. The molecule has 0 saturated carbocycles. The Labute approximate surface area is 155 Å². The molecule has 11 heteroatoms. The van der Waals surface area contributed by atoms with Crippen LogP contribution in [0.4, 0.5) is 5.13 Å². The third kappa shape index (κ3) is 4.29. The normalized spacial score (nSPS) is 11.4. The third-order valence-corrected chi connectivity index (χ3v) is 5.88. The number of amides is 1. The van der Waals surface area contributed by atoms with Gasteiger partial charge in [0.05, 0.1) is 5.69 Å². The molecule has 0 aliphatic carbocycles. The third-order valence-electron chi connectivity index (χ3n) is 3.59. The quantitative estimate of drug-likeness (QED) is 0.697. The first kappa shape index (κ1) is 20.1. The van der Waals surface area contributed by atoms with Crippen LogP contribution in [-0.4, -0.2) is 43.4 Å². The second kappa shape index (κ2) is 7.98. The van der Waals surface area contributed by atoms with Crippen molar-refractivity contribution in [1.29, 1.82) is 0 Å². The molecule has 0 bridgehead atoms. The molecular formula is C15H20N4O5S2. The van der Waals surface area contributed by atoms with Crippen molar-refractivity contribution in [3.05, 3.63) is 29.0 Å². The van der Waals surface area contributed by atoms with Crippen molar-refractivity contribution in [3.8, 4) is 0 Å². The summed E-state index contributed by atoms with van der Waals surface area (Å²) in [5.41, 5.74) is 0.614. The molecule has 1 amide bonds. The fraction of sp³-hybridized carbons (Fsp3) is 0.400. The Kier molecular flexibility index (Phi) is 6.16. The molecule has 0 aliphatic heterocycles. The molecule has 0 spiro atoms. The van der Waals surface area contributed by atoms with E-state index in [1.807, 2.05) is 6.92 Å². The van der Waals surface area contributed by atoms with Gasteiger partial charge in [0.2, 0.25) is 15.9 Å². The van der Waals surface area contributed by atoms with Gasteiger partial charge in [-0.05, 0) is 20.0 Å². The number of anilines is 1. The molecule has 0 atom stereocenters. The molecule has 2 aromatic rings. The average molecular weight is 400 g/mol. The molecule has 0 fully saturated rings. The van der Waals surface area contributed by atoms with Crippen molar-refractivity contribution < 1.29 is 22.7 Å². The Morgan fingerprint density at radius 2 is 2.12 bits per heavy atom. The van der Waals surface area contributed by atoms with Crippen LogP contribution in [-0.2, 0) is 33.2 Å². The number of aryl methyl sites for hydroxylation is 1. The van der Waals surface area contributed by atoms with Crippen LogP contribution < -0.4 is 9.62 Å². The molecule has 2 aromatic heterocycles. The summed E-state index contributed by atoms with van der Waals surface area (Å²) in [7, 11) is -0.798. The molecule has 2 rings (SSSR count). The van der Waals surface area contributed by atoms with Gasteiger partial charge in [0, 0.05) is 32.1 Å². The highest BCUT2D eigenvalue weighted by Gasteiger charge is 2.20. The van der Waals surface area contributed by atoms with Gasteiger partial charge in [0.25, 0.3) is 0 Å². The first-order valence-corrected chi connectivity index (χ1v) is 10.1. The minimum absolute atomic E-state index is 0.0227. The summed E-state index contributed by atoms with van der Waals surface area (Å²) in [4.78, 5) is 29.5. The summed E-state index contributed by atoms with van der Waals surface area (Å²) >= 11 is 1.28. The summed E-state index contributed by atoms with van der Waals surface area (Å²) in [6, 6.07) is 1.25. The topological polar surface area (TPSA) is 111 Å². The summed E-state index contributed by atoms with van der Waals surface area (Å²) in [6.07, 6.45) is 1.33. The number of carbonyl (C=O) groups is 2. The van der Waals surface area contributed by atoms with Gasteiger partial charge >= 0.3 is 5.97 Å². The van der Waals surface area contributed by atoms with Gasteiger partial charge in [-0.2, -0.15) is 0 Å². The van der Waals surface area contributed by atoms with Crippen LogP contribution in [0.15, 0.2) is 22.5 Å². The molecule has 26 heavy (non-hydrogen) atoms. The number of rotatable bonds is 7. The Morgan fingerprint density at radius 3 is 2.69 bits per heavy atom. The van der Waals surface area contributed by atoms with E-state index in [0.29, 0.717) is 17.4 Å². The van der Waals surface area contributed by atoms with Crippen LogP contribution in [0.1, 0.15) is 30.0 Å². The Morgan fingerprint density at radius 1 is 1.42 bits per heavy atom. The monoisotopic (exact) mass is 400 g/mol. The standard InChI is InChI=1S/C15H20N4O5S2/c1-5-19(10(2)20)15-17-11(9-25-15)8-24-14(21)13-6-12(7-18(13)4)26(22,23)16-3/h6-7,9,16H,5,8H2,1-4H3. The van der Waals surface area contributed by atoms with Crippen LogP contribution >= 0.6 is 11.3 Å². The van der Waals surface area contributed by atoms with Crippen molar-refractivity contribution in [3.63, 3.8) is 0 Å². The molecule has 2 heterocycles. The molecule has 0 unspecified atom stereocenters. The zero-order valence-electron chi connectivity index (χ0n) is 14.8. The molecule has 0 saturated heterocycles. The molecule has 142 valence electrons. The van der Waals surface area contributed by atoms with E-state index in [2.05, 4.69) is 9.71 Å². The largest absolute Gasteiger partial charge is 0.454 e. The van der Waals surface area contributed by atoms with Crippen LogP contribution in [0.25, 0.3) is 0 Å². The molecular weight excluding hydrogens is 380 g/mol. The predicted octanol–water partition coefficient (Wildman–Crippen LogP) is 1.12. The van der Waals surface area contributed by atoms with E-state index in [0.717, 1.165) is 0 Å². The number of hydrogen-bond donors (Lipinski definition) is 1. The van der Waals surface area contributed by atoms with Gasteiger partial charge in [-0.25, -0.2) is 22.9 Å². The highest BCUT2D eigenvalue weighted by atomic mass is 32.2. The molecule has 0 aromatic carbocycles. The molecule has 0 aliphatic rings. The van der Waals surface area contributed by atoms with E-state index >= 15 is 0 Å². The number of nitrogens with zero attached hydrogens (tertiary/aromatic N) is 3. The Balaban J connectivity index is 2.08. The van der Waals surface area contributed by atoms with Gasteiger partial charge in [-0.1, -0.05) is 0 Å². The van der Waals surface area contributed by atoms with Crippen LogP contribution in [0.2, 0.25) is 0 Å². The van der Waals surface area contributed by atoms with Gasteiger partial charge in [0.15, 0.2) is 5.13 Å². The minimum Gasteiger partial charge on any atom is -0.454 e. The van der Waals surface area contributed by atoms with Gasteiger partial charge in [-0.3, -0.25) is 9.69 Å². The second-order valence-corrected chi connectivity index (χ2v) is 8.06. The number of thiazole rings is 1. The lowest BCUT2D eigenvalue weighted by Gasteiger charge is -2.14. The van der Waals surface area contributed by atoms with Crippen molar-refractivity contribution in [2.24, 2.45) is 7.05 Å². The fourth-order valence-electron chi connectivity index (χ4n) is 2.19. The number of carbonyl (C=O) groups excluding carboxylic acids is 2. The molecule has 1 N–H and O–H groups in total. The summed E-state index contributed by atoms with van der Waals surface area (Å²) in [5.74, 6) is -0.786. The Hall–Kier alpha value is -2.24. The minimum atomic E-state index is -3.64. The summed E-state index contributed by atoms with van der Waals surface area (Å²) < 4.78 is 32.4.